The first kappa shape index (κ1) is 11.5. The molecule has 1 aliphatic carbocycles. The third kappa shape index (κ3) is 1.87. The van der Waals surface area contributed by atoms with E-state index in [9.17, 15) is 0 Å². The number of hydrazone groups is 1. The van der Waals surface area contributed by atoms with Crippen LogP contribution in [0.5, 0.6) is 0 Å². The highest BCUT2D eigenvalue weighted by molar-refractivity contribution is 5.86. The smallest absolute Gasteiger partial charge is 0.0631 e. The molecule has 0 saturated heterocycles. The maximum atomic E-state index is 4.76. The number of rotatable bonds is 2. The van der Waals surface area contributed by atoms with Crippen molar-refractivity contribution in [3.05, 3.63) is 17.5 Å². The summed E-state index contributed by atoms with van der Waals surface area (Å²) in [4.78, 5) is 0. The number of aromatic nitrogens is 2. The number of hydrogen-bond acceptors (Lipinski definition) is 4. The Labute approximate surface area is 113 Å². The van der Waals surface area contributed by atoms with Crippen LogP contribution in [-0.4, -0.2) is 28.1 Å². The molecule has 0 radical (unpaired) electrons. The normalized spacial score (nSPS) is 32.7. The second-order valence-electron chi connectivity index (χ2n) is 6.08. The van der Waals surface area contributed by atoms with Crippen LogP contribution in [0, 0.1) is 11.8 Å². The van der Waals surface area contributed by atoms with Gasteiger partial charge in [0.2, 0.25) is 0 Å². The third-order valence-corrected chi connectivity index (χ3v) is 4.91. The molecule has 5 nitrogen and oxygen atoms in total. The fourth-order valence-corrected chi connectivity index (χ4v) is 3.85. The molecule has 0 spiro atoms. The summed E-state index contributed by atoms with van der Waals surface area (Å²) < 4.78 is 2.17. The Morgan fingerprint density at radius 2 is 2.37 bits per heavy atom. The first-order valence-corrected chi connectivity index (χ1v) is 7.37. The first-order chi connectivity index (χ1) is 9.31. The van der Waals surface area contributed by atoms with Crippen LogP contribution >= 0.6 is 0 Å². The van der Waals surface area contributed by atoms with E-state index in [-0.39, 0.29) is 0 Å². The molecule has 102 valence electrons. The highest BCUT2D eigenvalue weighted by atomic mass is 15.3. The van der Waals surface area contributed by atoms with Crippen LogP contribution in [0.1, 0.15) is 31.2 Å². The molecule has 1 fully saturated rings. The predicted octanol–water partition coefficient (Wildman–Crippen LogP) is 0.903. The second kappa shape index (κ2) is 4.34. The van der Waals surface area contributed by atoms with Crippen molar-refractivity contribution in [2.24, 2.45) is 16.9 Å². The lowest BCUT2D eigenvalue weighted by molar-refractivity contribution is 0.398. The van der Waals surface area contributed by atoms with Crippen molar-refractivity contribution >= 4 is 5.71 Å². The molecule has 1 saturated carbocycles. The van der Waals surface area contributed by atoms with Crippen LogP contribution in [0.25, 0.3) is 0 Å². The Bertz CT molecular complexity index is 494. The zero-order valence-corrected chi connectivity index (χ0v) is 11.4. The molecule has 19 heavy (non-hydrogen) atoms. The van der Waals surface area contributed by atoms with Crippen molar-refractivity contribution in [1.29, 1.82) is 0 Å². The second-order valence-corrected chi connectivity index (χ2v) is 6.08. The summed E-state index contributed by atoms with van der Waals surface area (Å²) in [6.07, 6.45) is 3.68. The molecule has 1 aromatic rings. The van der Waals surface area contributed by atoms with Crippen LogP contribution in [0.4, 0.5) is 0 Å². The van der Waals surface area contributed by atoms with Gasteiger partial charge in [0.25, 0.3) is 0 Å². The van der Waals surface area contributed by atoms with E-state index in [0.717, 1.165) is 26.1 Å². The summed E-state index contributed by atoms with van der Waals surface area (Å²) in [5, 5.41) is 12.6. The Kier molecular flexibility index (Phi) is 2.62. The van der Waals surface area contributed by atoms with Crippen molar-refractivity contribution in [2.75, 3.05) is 6.54 Å². The lowest BCUT2D eigenvalue weighted by Crippen LogP contribution is -2.31. The van der Waals surface area contributed by atoms with Crippen molar-refractivity contribution in [2.45, 2.75) is 45.3 Å². The Morgan fingerprint density at radius 3 is 3.26 bits per heavy atom. The number of hydrogen-bond donors (Lipinski definition) is 2. The number of fused-ring (bicyclic) bond motifs is 2. The van der Waals surface area contributed by atoms with Crippen LogP contribution in [-0.2, 0) is 19.5 Å². The van der Waals surface area contributed by atoms with E-state index in [1.807, 2.05) is 0 Å². The summed E-state index contributed by atoms with van der Waals surface area (Å²) in [5.41, 5.74) is 7.23. The van der Waals surface area contributed by atoms with E-state index in [1.54, 1.807) is 0 Å². The Balaban J connectivity index is 1.49. The highest BCUT2D eigenvalue weighted by Gasteiger charge is 2.40. The quantitative estimate of drug-likeness (QED) is 0.830. The molecule has 3 atom stereocenters. The minimum atomic E-state index is 0.553. The number of nitrogens with zero attached hydrogens (tertiary/aromatic N) is 3. The monoisotopic (exact) mass is 259 g/mol. The molecule has 3 heterocycles. The van der Waals surface area contributed by atoms with Crippen molar-refractivity contribution in [1.82, 2.24) is 20.5 Å². The molecule has 0 aromatic carbocycles. The van der Waals surface area contributed by atoms with Crippen molar-refractivity contribution in [3.8, 4) is 0 Å². The van der Waals surface area contributed by atoms with Gasteiger partial charge in [-0.3, -0.25) is 4.68 Å². The molecule has 5 heteroatoms. The third-order valence-electron chi connectivity index (χ3n) is 4.91. The molecule has 3 unspecified atom stereocenters. The van der Waals surface area contributed by atoms with Crippen LogP contribution in [0.3, 0.4) is 0 Å². The molecule has 2 N–H and O–H groups in total. The molecular weight excluding hydrogens is 238 g/mol. The molecular formula is C14H21N5. The van der Waals surface area contributed by atoms with E-state index in [4.69, 9.17) is 5.10 Å². The predicted molar refractivity (Wildman–Crippen MR) is 73.9 cm³/mol. The summed E-state index contributed by atoms with van der Waals surface area (Å²) in [7, 11) is 0. The molecule has 4 rings (SSSR count). The maximum Gasteiger partial charge on any atom is 0.0631 e. The van der Waals surface area contributed by atoms with E-state index in [2.05, 4.69) is 33.5 Å². The van der Waals surface area contributed by atoms with Gasteiger partial charge in [0.1, 0.15) is 0 Å². The Hall–Kier alpha value is -1.36. The maximum absolute atomic E-state index is 4.76. The molecule has 1 aromatic heterocycles. The minimum Gasteiger partial charge on any atom is -0.309 e. The van der Waals surface area contributed by atoms with Gasteiger partial charge in [-0.05, 0) is 38.2 Å². The van der Waals surface area contributed by atoms with Gasteiger partial charge in [0.05, 0.1) is 24.0 Å². The standard InChI is InChI=1S/C14H21N5/c1-9-13-3-2-10(14(13)17-16-9)6-11-7-12-8-15-4-5-19(12)18-11/h7,10,13-15,17H,2-6,8H2,1H3. The van der Waals surface area contributed by atoms with Crippen LogP contribution in [0.2, 0.25) is 0 Å². The van der Waals surface area contributed by atoms with Gasteiger partial charge in [0, 0.05) is 24.7 Å². The van der Waals surface area contributed by atoms with Crippen LogP contribution in [0.15, 0.2) is 11.2 Å². The topological polar surface area (TPSA) is 54.2 Å². The van der Waals surface area contributed by atoms with Crippen LogP contribution < -0.4 is 10.7 Å². The largest absolute Gasteiger partial charge is 0.309 e. The molecule has 2 aliphatic heterocycles. The summed E-state index contributed by atoms with van der Waals surface area (Å²) in [6, 6.07) is 2.83. The van der Waals surface area contributed by atoms with Gasteiger partial charge >= 0.3 is 0 Å². The van der Waals surface area contributed by atoms with E-state index in [1.165, 1.54) is 29.9 Å². The minimum absolute atomic E-state index is 0.553. The summed E-state index contributed by atoms with van der Waals surface area (Å²) in [5.74, 6) is 1.36. The van der Waals surface area contributed by atoms with Gasteiger partial charge in [-0.2, -0.15) is 10.2 Å². The van der Waals surface area contributed by atoms with E-state index >= 15 is 0 Å². The fraction of sp³-hybridized carbons (Fsp3) is 0.714. The lowest BCUT2D eigenvalue weighted by Gasteiger charge is -2.17. The van der Waals surface area contributed by atoms with Crippen molar-refractivity contribution in [3.63, 3.8) is 0 Å². The average molecular weight is 259 g/mol. The SMILES string of the molecule is CC1=NNC2C(Cc3cc4n(n3)CCNC4)CCC12. The Morgan fingerprint density at radius 1 is 1.42 bits per heavy atom. The zero-order chi connectivity index (χ0) is 12.8. The fourth-order valence-electron chi connectivity index (χ4n) is 3.85. The van der Waals surface area contributed by atoms with E-state index < -0.39 is 0 Å². The highest BCUT2D eigenvalue weighted by Crippen LogP contribution is 2.37. The van der Waals surface area contributed by atoms with Gasteiger partial charge in [-0.1, -0.05) is 0 Å². The van der Waals surface area contributed by atoms with Crippen molar-refractivity contribution < 1.29 is 0 Å². The van der Waals surface area contributed by atoms with Gasteiger partial charge < -0.3 is 10.7 Å². The molecule has 3 aliphatic rings. The van der Waals surface area contributed by atoms with E-state index in [0.29, 0.717) is 17.9 Å². The first-order valence-electron chi connectivity index (χ1n) is 7.37. The average Bonchev–Trinajstić information content (AvgIpc) is 3.07. The van der Waals surface area contributed by atoms with Gasteiger partial charge in [-0.15, -0.1) is 0 Å². The number of nitrogens with one attached hydrogen (secondary N) is 2. The van der Waals surface area contributed by atoms with Gasteiger partial charge in [-0.25, -0.2) is 0 Å². The summed E-state index contributed by atoms with van der Waals surface area (Å²) in [6.45, 7) is 5.16. The lowest BCUT2D eigenvalue weighted by atomic mass is 9.93. The molecule has 0 bridgehead atoms. The zero-order valence-electron chi connectivity index (χ0n) is 11.4. The molecule has 0 amide bonds. The van der Waals surface area contributed by atoms with Gasteiger partial charge in [0.15, 0.2) is 0 Å². The summed E-state index contributed by atoms with van der Waals surface area (Å²) >= 11 is 0.